The molecule has 1 aromatic rings. The van der Waals surface area contributed by atoms with E-state index in [1.54, 1.807) is 12.3 Å². The summed E-state index contributed by atoms with van der Waals surface area (Å²) in [5.74, 6) is 0.577. The zero-order chi connectivity index (χ0) is 25.4. The third-order valence-electron chi connectivity index (χ3n) is 7.90. The number of aromatic nitrogens is 1. The molecule has 36 heavy (non-hydrogen) atoms. The summed E-state index contributed by atoms with van der Waals surface area (Å²) in [6.07, 6.45) is 19.4. The van der Waals surface area contributed by atoms with Crippen LogP contribution in [0, 0.1) is 11.3 Å². The minimum Gasteiger partial charge on any atom is -0.404 e. The monoisotopic (exact) mass is 506 g/mol. The number of aliphatic imine (C=N–C) groups is 1. The molecule has 1 aromatic heterocycles. The Balaban J connectivity index is 1.81. The summed E-state index contributed by atoms with van der Waals surface area (Å²) in [5.41, 5.74) is 12.3. The fourth-order valence-electron chi connectivity index (χ4n) is 5.95. The van der Waals surface area contributed by atoms with Crippen LogP contribution in [0.25, 0.3) is 5.57 Å². The number of nitrogens with one attached hydrogen (secondary N) is 1. The molecule has 4 nitrogen and oxygen atoms in total. The van der Waals surface area contributed by atoms with Crippen molar-refractivity contribution >= 4 is 20.0 Å². The molecule has 1 fully saturated rings. The largest absolute Gasteiger partial charge is 0.404 e. The molecule has 1 saturated carbocycles. The molecule has 6 heteroatoms. The van der Waals surface area contributed by atoms with E-state index in [1.807, 2.05) is 18.3 Å². The second-order valence-corrected chi connectivity index (χ2v) is 11.1. The highest BCUT2D eigenvalue weighted by Crippen LogP contribution is 2.54. The second-order valence-electron chi connectivity index (χ2n) is 10.2. The molecular formula is C30H40FN4P. The minimum absolute atomic E-state index is 0.0851. The fraction of sp³-hybridized carbons (Fsp3) is 0.467. The summed E-state index contributed by atoms with van der Waals surface area (Å²) < 4.78 is 13.6. The van der Waals surface area contributed by atoms with Crippen molar-refractivity contribution in [2.75, 3.05) is 13.2 Å². The second kappa shape index (κ2) is 12.7. The minimum atomic E-state index is -0.244. The van der Waals surface area contributed by atoms with Crippen molar-refractivity contribution in [3.05, 3.63) is 83.8 Å². The van der Waals surface area contributed by atoms with Crippen molar-refractivity contribution < 1.29 is 4.39 Å². The van der Waals surface area contributed by atoms with Crippen LogP contribution in [0.3, 0.4) is 0 Å². The quantitative estimate of drug-likeness (QED) is 0.271. The van der Waals surface area contributed by atoms with E-state index in [0.717, 1.165) is 54.1 Å². The predicted octanol–water partition coefficient (Wildman–Crippen LogP) is 7.40. The van der Waals surface area contributed by atoms with E-state index in [9.17, 15) is 4.39 Å². The summed E-state index contributed by atoms with van der Waals surface area (Å²) in [6, 6.07) is 6.08. The lowest BCUT2D eigenvalue weighted by Gasteiger charge is -2.45. The molecule has 2 atom stereocenters. The summed E-state index contributed by atoms with van der Waals surface area (Å²) in [6.45, 7) is 7.77. The molecule has 192 valence electrons. The van der Waals surface area contributed by atoms with Crippen LogP contribution in [0.4, 0.5) is 4.39 Å². The van der Waals surface area contributed by atoms with E-state index in [-0.39, 0.29) is 11.2 Å². The normalized spacial score (nSPS) is 25.8. The van der Waals surface area contributed by atoms with Crippen LogP contribution in [-0.2, 0) is 0 Å². The van der Waals surface area contributed by atoms with Gasteiger partial charge >= 0.3 is 0 Å². The molecule has 0 amide bonds. The SMILES string of the molecule is C=C(c1ccccn1)C1(CC2CCCCC2)CC(=CN)C(=NC2=CC=C(F)CC2)C=C1CCNPC. The first-order valence-corrected chi connectivity index (χ1v) is 14.8. The van der Waals surface area contributed by atoms with Crippen molar-refractivity contribution in [2.45, 2.75) is 64.2 Å². The van der Waals surface area contributed by atoms with Gasteiger partial charge in [-0.15, -0.1) is 0 Å². The van der Waals surface area contributed by atoms with Gasteiger partial charge in [0.25, 0.3) is 0 Å². The molecule has 0 saturated heterocycles. The average molecular weight is 507 g/mol. The van der Waals surface area contributed by atoms with Crippen LogP contribution < -0.4 is 10.8 Å². The van der Waals surface area contributed by atoms with Gasteiger partial charge in [0.2, 0.25) is 0 Å². The molecule has 3 aliphatic carbocycles. The standard InChI is InChI=1S/C30H40FN4P/c1-22(28-10-6-7-16-33-28)30(19-23-8-4-3-5-9-23)20-24(21-32)29(18-25(30)15-17-34-36-2)35-27-13-11-26(31)12-14-27/h6-7,10-11,13,16,18,21,23,34,36H,1,3-5,8-9,12,14-15,17,19-20,32H2,2H3. The maximum atomic E-state index is 13.6. The first kappa shape index (κ1) is 26.7. The van der Waals surface area contributed by atoms with Gasteiger partial charge in [-0.25, -0.2) is 4.39 Å². The fourth-order valence-corrected chi connectivity index (χ4v) is 6.33. The highest BCUT2D eigenvalue weighted by molar-refractivity contribution is 7.34. The third-order valence-corrected chi connectivity index (χ3v) is 8.50. The van der Waals surface area contributed by atoms with Gasteiger partial charge in [-0.3, -0.25) is 15.1 Å². The Labute approximate surface area is 217 Å². The number of hydrogen-bond acceptors (Lipinski definition) is 4. The smallest absolute Gasteiger partial charge is 0.100 e. The first-order valence-electron chi connectivity index (χ1n) is 13.3. The number of rotatable bonds is 9. The maximum absolute atomic E-state index is 13.6. The molecule has 2 unspecified atom stereocenters. The molecule has 3 N–H and O–H groups in total. The Kier molecular flexibility index (Phi) is 9.45. The number of halogens is 1. The molecular weight excluding hydrogens is 466 g/mol. The zero-order valence-corrected chi connectivity index (χ0v) is 22.5. The third kappa shape index (κ3) is 6.30. The maximum Gasteiger partial charge on any atom is 0.100 e. The zero-order valence-electron chi connectivity index (χ0n) is 21.5. The average Bonchev–Trinajstić information content (AvgIpc) is 2.92. The van der Waals surface area contributed by atoms with E-state index in [2.05, 4.69) is 23.9 Å². The Morgan fingerprint density at radius 1 is 1.28 bits per heavy atom. The van der Waals surface area contributed by atoms with Crippen LogP contribution in [0.15, 0.2) is 83.1 Å². The predicted molar refractivity (Wildman–Crippen MR) is 153 cm³/mol. The van der Waals surface area contributed by atoms with E-state index in [1.165, 1.54) is 43.8 Å². The van der Waals surface area contributed by atoms with Crippen LogP contribution in [0.1, 0.15) is 69.9 Å². The number of pyridine rings is 1. The van der Waals surface area contributed by atoms with Gasteiger partial charge < -0.3 is 5.73 Å². The molecule has 0 aliphatic heterocycles. The number of hydrogen-bond donors (Lipinski definition) is 2. The van der Waals surface area contributed by atoms with Crippen LogP contribution >= 0.6 is 8.73 Å². The molecule has 3 aliphatic rings. The topological polar surface area (TPSA) is 63.3 Å². The number of nitrogens with two attached hydrogens (primary N) is 1. The van der Waals surface area contributed by atoms with Crippen molar-refractivity contribution in [3.63, 3.8) is 0 Å². The van der Waals surface area contributed by atoms with Crippen molar-refractivity contribution in [2.24, 2.45) is 22.1 Å². The highest BCUT2D eigenvalue weighted by Gasteiger charge is 2.43. The van der Waals surface area contributed by atoms with Gasteiger partial charge in [0.15, 0.2) is 0 Å². The lowest BCUT2D eigenvalue weighted by atomic mass is 9.59. The molecule has 0 aromatic carbocycles. The lowest BCUT2D eigenvalue weighted by Crippen LogP contribution is -2.35. The van der Waals surface area contributed by atoms with Gasteiger partial charge in [0.1, 0.15) is 5.83 Å². The summed E-state index contributed by atoms with van der Waals surface area (Å²) >= 11 is 0. The highest BCUT2D eigenvalue weighted by atomic mass is 31.1. The van der Waals surface area contributed by atoms with Crippen LogP contribution in [0.2, 0.25) is 0 Å². The van der Waals surface area contributed by atoms with E-state index in [4.69, 9.17) is 22.3 Å². The summed E-state index contributed by atoms with van der Waals surface area (Å²) in [4.78, 5) is 9.70. The van der Waals surface area contributed by atoms with Crippen LogP contribution in [0.5, 0.6) is 0 Å². The summed E-state index contributed by atoms with van der Waals surface area (Å²) in [5, 5.41) is 3.54. The molecule has 0 bridgehead atoms. The van der Waals surface area contributed by atoms with E-state index in [0.29, 0.717) is 27.5 Å². The lowest BCUT2D eigenvalue weighted by molar-refractivity contribution is 0.262. The van der Waals surface area contributed by atoms with Gasteiger partial charge in [0, 0.05) is 30.3 Å². The Morgan fingerprint density at radius 3 is 2.78 bits per heavy atom. The van der Waals surface area contributed by atoms with E-state index < -0.39 is 0 Å². The van der Waals surface area contributed by atoms with Gasteiger partial charge in [-0.1, -0.05) is 59.1 Å². The Morgan fingerprint density at radius 2 is 2.11 bits per heavy atom. The van der Waals surface area contributed by atoms with Crippen LogP contribution in [-0.4, -0.2) is 23.9 Å². The summed E-state index contributed by atoms with van der Waals surface area (Å²) in [7, 11) is 0.699. The van der Waals surface area contributed by atoms with Crippen molar-refractivity contribution in [3.8, 4) is 0 Å². The van der Waals surface area contributed by atoms with Gasteiger partial charge in [0.05, 0.1) is 11.4 Å². The molecule has 0 radical (unpaired) electrons. The number of nitrogens with zero attached hydrogens (tertiary/aromatic N) is 2. The van der Waals surface area contributed by atoms with Crippen molar-refractivity contribution in [1.82, 2.24) is 10.1 Å². The van der Waals surface area contributed by atoms with E-state index >= 15 is 0 Å². The van der Waals surface area contributed by atoms with Gasteiger partial charge in [-0.2, -0.15) is 0 Å². The first-order chi connectivity index (χ1) is 17.6. The molecule has 4 rings (SSSR count). The molecule has 0 spiro atoms. The Hall–Kier alpha value is -2.36. The number of allylic oxidation sites excluding steroid dienone is 7. The Bertz CT molecular complexity index is 1080. The van der Waals surface area contributed by atoms with Crippen molar-refractivity contribution in [1.29, 1.82) is 0 Å². The van der Waals surface area contributed by atoms with Gasteiger partial charge in [-0.05, 0) is 86.0 Å². The molecule has 1 heterocycles.